The van der Waals surface area contributed by atoms with Gasteiger partial charge in [0.25, 0.3) is 0 Å². The molecule has 0 N–H and O–H groups in total. The number of esters is 1. The second-order valence-corrected chi connectivity index (χ2v) is 3.13. The zero-order chi connectivity index (χ0) is 17.1. The zero-order valence-electron chi connectivity index (χ0n) is 9.53. The van der Waals surface area contributed by atoms with Crippen LogP contribution < -0.4 is 0 Å². The molecule has 0 aliphatic rings. The average molecular weight is 336 g/mol. The van der Waals surface area contributed by atoms with Crippen LogP contribution in [-0.4, -0.2) is 37.3 Å². The van der Waals surface area contributed by atoms with Gasteiger partial charge in [-0.1, -0.05) is 6.58 Å². The maximum absolute atomic E-state index is 12.7. The number of rotatable bonds is 7. The molecule has 0 aliphatic heterocycles. The van der Waals surface area contributed by atoms with Crippen molar-refractivity contribution in [1.29, 1.82) is 0 Å². The van der Waals surface area contributed by atoms with E-state index in [9.17, 15) is 44.3 Å². The van der Waals surface area contributed by atoms with Crippen LogP contribution in [0.1, 0.15) is 0 Å². The summed E-state index contributed by atoms with van der Waals surface area (Å²) >= 11 is 0. The van der Waals surface area contributed by atoms with E-state index in [0.29, 0.717) is 6.08 Å². The topological polar surface area (TPSA) is 44.8 Å². The van der Waals surface area contributed by atoms with E-state index in [-0.39, 0.29) is 0 Å². The van der Waals surface area contributed by atoms with Gasteiger partial charge < -0.3 is 4.74 Å². The van der Waals surface area contributed by atoms with Crippen molar-refractivity contribution in [2.24, 2.45) is 0 Å². The summed E-state index contributed by atoms with van der Waals surface area (Å²) in [5, 5.41) is 0. The van der Waals surface area contributed by atoms with Crippen molar-refractivity contribution >= 4 is 5.97 Å². The first-order valence-corrected chi connectivity index (χ1v) is 4.51. The Hall–Kier alpha value is -1.50. The number of hydrogen-bond acceptors (Lipinski definition) is 4. The van der Waals surface area contributed by atoms with Gasteiger partial charge in [0, 0.05) is 6.08 Å². The smallest absolute Gasteiger partial charge is 0.453 e. The summed E-state index contributed by atoms with van der Waals surface area (Å²) in [5.74, 6) is -1.54. The van der Waals surface area contributed by atoms with Gasteiger partial charge in [-0.25, -0.2) is 14.3 Å². The lowest BCUT2D eigenvalue weighted by atomic mass is 10.5. The Kier molecular flexibility index (Phi) is 5.66. The molecule has 0 spiro atoms. The second kappa shape index (κ2) is 6.09. The number of alkyl halides is 9. The van der Waals surface area contributed by atoms with Crippen molar-refractivity contribution in [3.05, 3.63) is 12.7 Å². The predicted octanol–water partition coefficient (Wildman–Crippen LogP) is 3.05. The lowest BCUT2D eigenvalue weighted by molar-refractivity contribution is -0.529. The Bertz CT molecular complexity index is 390. The van der Waals surface area contributed by atoms with Crippen LogP contribution in [0.2, 0.25) is 0 Å². The minimum Gasteiger partial charge on any atom is -0.453 e. The van der Waals surface area contributed by atoms with Crippen molar-refractivity contribution < 1.29 is 58.5 Å². The third-order valence-corrected chi connectivity index (χ3v) is 1.41. The minimum atomic E-state index is -6.45. The molecule has 0 heterocycles. The molecular weight excluding hydrogens is 331 g/mol. The fourth-order valence-corrected chi connectivity index (χ4v) is 0.695. The monoisotopic (exact) mass is 336 g/mol. The molecular formula is C8H5F9O4. The van der Waals surface area contributed by atoms with Gasteiger partial charge in [0.05, 0.1) is 0 Å². The highest BCUT2D eigenvalue weighted by molar-refractivity contribution is 5.81. The highest BCUT2D eigenvalue weighted by Crippen LogP contribution is 2.43. The molecule has 0 saturated heterocycles. The molecule has 124 valence electrons. The Labute approximate surface area is 110 Å². The van der Waals surface area contributed by atoms with Crippen molar-refractivity contribution in [3.8, 4) is 0 Å². The first-order chi connectivity index (χ1) is 9.12. The molecule has 0 atom stereocenters. The molecule has 0 amide bonds. The van der Waals surface area contributed by atoms with Crippen molar-refractivity contribution in [2.45, 2.75) is 24.7 Å². The largest absolute Gasteiger partial charge is 0.527 e. The SMILES string of the molecule is C=CC(=O)OCC(F)(F)OC(F)(F)C(F)(F)OC(F)(F)F. The van der Waals surface area contributed by atoms with Crippen LogP contribution in [0.3, 0.4) is 0 Å². The Morgan fingerprint density at radius 2 is 1.33 bits per heavy atom. The van der Waals surface area contributed by atoms with Crippen LogP contribution in [-0.2, 0) is 19.0 Å². The third-order valence-electron chi connectivity index (χ3n) is 1.41. The van der Waals surface area contributed by atoms with E-state index in [1.165, 1.54) is 0 Å². The summed E-state index contributed by atoms with van der Waals surface area (Å²) in [4.78, 5) is 10.4. The number of hydrogen-bond donors (Lipinski definition) is 0. The summed E-state index contributed by atoms with van der Waals surface area (Å²) in [6.07, 6.45) is -24.0. The first kappa shape index (κ1) is 19.5. The number of carbonyl (C=O) groups is 1. The van der Waals surface area contributed by atoms with E-state index < -0.39 is 37.3 Å². The second-order valence-electron chi connectivity index (χ2n) is 3.13. The Morgan fingerprint density at radius 3 is 1.71 bits per heavy atom. The van der Waals surface area contributed by atoms with E-state index >= 15 is 0 Å². The molecule has 0 aliphatic carbocycles. The molecule has 0 aromatic carbocycles. The van der Waals surface area contributed by atoms with Crippen molar-refractivity contribution in [3.63, 3.8) is 0 Å². The molecule has 0 bridgehead atoms. The molecule has 0 aromatic rings. The molecule has 21 heavy (non-hydrogen) atoms. The maximum Gasteiger partial charge on any atom is 0.527 e. The van der Waals surface area contributed by atoms with E-state index in [4.69, 9.17) is 0 Å². The molecule has 0 rings (SSSR count). The molecule has 0 fully saturated rings. The lowest BCUT2D eigenvalue weighted by Crippen LogP contribution is -2.52. The van der Waals surface area contributed by atoms with Gasteiger partial charge in [-0.2, -0.15) is 26.3 Å². The summed E-state index contributed by atoms with van der Waals surface area (Å²) < 4.78 is 117. The van der Waals surface area contributed by atoms with Gasteiger partial charge in [-0.15, -0.1) is 13.2 Å². The highest BCUT2D eigenvalue weighted by Gasteiger charge is 2.68. The Balaban J connectivity index is 4.91. The molecule has 0 radical (unpaired) electrons. The number of halogens is 9. The summed E-state index contributed by atoms with van der Waals surface area (Å²) in [6, 6.07) is 0. The van der Waals surface area contributed by atoms with Crippen LogP contribution in [0.5, 0.6) is 0 Å². The fourth-order valence-electron chi connectivity index (χ4n) is 0.695. The maximum atomic E-state index is 12.7. The lowest BCUT2D eigenvalue weighted by Gasteiger charge is -2.29. The standard InChI is InChI=1S/C8H5F9O4/c1-2-4(18)19-3-5(9,10)20-6(11,12)7(13,14)21-8(15,16)17/h2H,1,3H2. The summed E-state index contributed by atoms with van der Waals surface area (Å²) in [7, 11) is 0. The van der Waals surface area contributed by atoms with Crippen molar-refractivity contribution in [2.75, 3.05) is 6.61 Å². The quantitative estimate of drug-likeness (QED) is 0.407. The van der Waals surface area contributed by atoms with Gasteiger partial charge in [-0.3, -0.25) is 0 Å². The third kappa shape index (κ3) is 6.66. The van der Waals surface area contributed by atoms with Crippen LogP contribution in [0.4, 0.5) is 39.5 Å². The summed E-state index contributed by atoms with van der Waals surface area (Å²) in [5.41, 5.74) is 0. The van der Waals surface area contributed by atoms with Crippen LogP contribution in [0.25, 0.3) is 0 Å². The Morgan fingerprint density at radius 1 is 0.905 bits per heavy atom. The zero-order valence-corrected chi connectivity index (χ0v) is 9.53. The van der Waals surface area contributed by atoms with Crippen molar-refractivity contribution in [1.82, 2.24) is 0 Å². The molecule has 13 heteroatoms. The van der Waals surface area contributed by atoms with E-state index in [1.54, 1.807) is 4.74 Å². The fraction of sp³-hybridized carbons (Fsp3) is 0.625. The predicted molar refractivity (Wildman–Crippen MR) is 44.2 cm³/mol. The molecule has 0 saturated carbocycles. The average Bonchev–Trinajstić information content (AvgIpc) is 2.20. The van der Waals surface area contributed by atoms with E-state index in [1.807, 2.05) is 0 Å². The first-order valence-electron chi connectivity index (χ1n) is 4.51. The van der Waals surface area contributed by atoms with Gasteiger partial charge in [0.2, 0.25) is 0 Å². The normalized spacial score (nSPS) is 14.0. The van der Waals surface area contributed by atoms with Crippen LogP contribution in [0, 0.1) is 0 Å². The van der Waals surface area contributed by atoms with E-state index in [2.05, 4.69) is 16.1 Å². The number of carbonyl (C=O) groups excluding carboxylic acids is 1. The molecule has 4 nitrogen and oxygen atoms in total. The van der Waals surface area contributed by atoms with Gasteiger partial charge in [-0.05, 0) is 0 Å². The van der Waals surface area contributed by atoms with E-state index in [0.717, 1.165) is 0 Å². The molecule has 0 aromatic heterocycles. The van der Waals surface area contributed by atoms with Gasteiger partial charge in [0.1, 0.15) is 0 Å². The minimum absolute atomic E-state index is 0.329. The van der Waals surface area contributed by atoms with Gasteiger partial charge in [0.15, 0.2) is 6.61 Å². The summed E-state index contributed by atoms with van der Waals surface area (Å²) in [6.45, 7) is 0.474. The van der Waals surface area contributed by atoms with Gasteiger partial charge >= 0.3 is 30.7 Å². The molecule has 0 unspecified atom stereocenters. The number of ether oxygens (including phenoxy) is 3. The van der Waals surface area contributed by atoms with Crippen LogP contribution in [0.15, 0.2) is 12.7 Å². The van der Waals surface area contributed by atoms with Crippen LogP contribution >= 0.6 is 0 Å². The highest BCUT2D eigenvalue weighted by atomic mass is 19.4.